The van der Waals surface area contributed by atoms with Gasteiger partial charge in [0.1, 0.15) is 12.1 Å². The number of aliphatic carboxylic acids is 1. The largest absolute Gasteiger partial charge is 0.480 e. The molecule has 1 aromatic rings. The number of nitrogens with zero attached hydrogens (tertiary/aromatic N) is 1. The summed E-state index contributed by atoms with van der Waals surface area (Å²) in [6.07, 6.45) is 0.135. The first-order valence-corrected chi connectivity index (χ1v) is 6.71. The van der Waals surface area contributed by atoms with Crippen molar-refractivity contribution in [1.29, 1.82) is 5.26 Å². The number of benzene rings is 1. The Morgan fingerprint density at radius 3 is 2.57 bits per heavy atom. The van der Waals surface area contributed by atoms with Crippen molar-refractivity contribution in [3.63, 3.8) is 0 Å². The van der Waals surface area contributed by atoms with E-state index in [0.717, 1.165) is 0 Å². The van der Waals surface area contributed by atoms with Crippen LogP contribution < -0.4 is 10.6 Å². The molecule has 112 valence electrons. The van der Waals surface area contributed by atoms with E-state index in [9.17, 15) is 9.59 Å². The van der Waals surface area contributed by atoms with Crippen molar-refractivity contribution in [2.75, 3.05) is 11.9 Å². The second-order valence-electron chi connectivity index (χ2n) is 4.97. The first kappa shape index (κ1) is 16.7. The monoisotopic (exact) mass is 289 g/mol. The van der Waals surface area contributed by atoms with E-state index in [-0.39, 0.29) is 24.8 Å². The standard InChI is InChI=1S/C15H19N3O3/c1-10(2)14(15(20)21)17-8-7-13(19)18-12-6-4-3-5-11(12)9-16/h3-6,10,14,17H,7-8H2,1-2H3,(H,18,19)(H,20,21). The maximum atomic E-state index is 11.8. The molecule has 0 aliphatic carbocycles. The molecule has 0 saturated heterocycles. The number of carboxylic acid groups (broad SMARTS) is 1. The number of hydrogen-bond donors (Lipinski definition) is 3. The predicted octanol–water partition coefficient (Wildman–Crippen LogP) is 1.59. The number of rotatable bonds is 7. The Balaban J connectivity index is 2.48. The molecule has 0 fully saturated rings. The van der Waals surface area contributed by atoms with Crippen molar-refractivity contribution >= 4 is 17.6 Å². The van der Waals surface area contributed by atoms with Gasteiger partial charge in [0, 0.05) is 13.0 Å². The van der Waals surface area contributed by atoms with Gasteiger partial charge in [-0.2, -0.15) is 5.26 Å². The Hall–Kier alpha value is -2.39. The summed E-state index contributed by atoms with van der Waals surface area (Å²) in [5, 5.41) is 23.4. The lowest BCUT2D eigenvalue weighted by atomic mass is 10.0. The summed E-state index contributed by atoms with van der Waals surface area (Å²) >= 11 is 0. The van der Waals surface area contributed by atoms with Gasteiger partial charge >= 0.3 is 5.97 Å². The summed E-state index contributed by atoms with van der Waals surface area (Å²) in [4.78, 5) is 22.8. The molecular weight excluding hydrogens is 270 g/mol. The molecular formula is C15H19N3O3. The zero-order chi connectivity index (χ0) is 15.8. The number of nitrogens with one attached hydrogen (secondary N) is 2. The lowest BCUT2D eigenvalue weighted by Crippen LogP contribution is -2.42. The number of carbonyl (C=O) groups is 2. The van der Waals surface area contributed by atoms with E-state index < -0.39 is 12.0 Å². The molecule has 0 aliphatic heterocycles. The number of carboxylic acids is 1. The van der Waals surface area contributed by atoms with Crippen LogP contribution in [0.5, 0.6) is 0 Å². The minimum Gasteiger partial charge on any atom is -0.480 e. The highest BCUT2D eigenvalue weighted by Gasteiger charge is 2.20. The molecule has 1 rings (SSSR count). The first-order valence-electron chi connectivity index (χ1n) is 6.71. The van der Waals surface area contributed by atoms with Crippen molar-refractivity contribution in [3.05, 3.63) is 29.8 Å². The summed E-state index contributed by atoms with van der Waals surface area (Å²) in [5.74, 6) is -1.26. The Bertz CT molecular complexity index is 549. The average Bonchev–Trinajstić information content (AvgIpc) is 2.43. The van der Waals surface area contributed by atoms with Crippen LogP contribution in [-0.4, -0.2) is 29.6 Å². The quantitative estimate of drug-likeness (QED) is 0.707. The Labute approximate surface area is 123 Å². The van der Waals surface area contributed by atoms with Crippen LogP contribution in [0.3, 0.4) is 0 Å². The molecule has 0 radical (unpaired) electrons. The SMILES string of the molecule is CC(C)C(NCCC(=O)Nc1ccccc1C#N)C(=O)O. The van der Waals surface area contributed by atoms with Crippen LogP contribution >= 0.6 is 0 Å². The highest BCUT2D eigenvalue weighted by molar-refractivity contribution is 5.92. The van der Waals surface area contributed by atoms with Crippen LogP contribution in [0.15, 0.2) is 24.3 Å². The van der Waals surface area contributed by atoms with Crippen molar-refractivity contribution in [1.82, 2.24) is 5.32 Å². The van der Waals surface area contributed by atoms with Crippen LogP contribution in [0.4, 0.5) is 5.69 Å². The Morgan fingerprint density at radius 2 is 2.00 bits per heavy atom. The topological polar surface area (TPSA) is 102 Å². The lowest BCUT2D eigenvalue weighted by molar-refractivity contribution is -0.140. The fourth-order valence-corrected chi connectivity index (χ4v) is 1.85. The normalized spacial score (nSPS) is 11.7. The summed E-state index contributed by atoms with van der Waals surface area (Å²) in [5.41, 5.74) is 0.855. The van der Waals surface area contributed by atoms with Crippen molar-refractivity contribution in [3.8, 4) is 6.07 Å². The van der Waals surface area contributed by atoms with E-state index in [2.05, 4.69) is 10.6 Å². The molecule has 6 heteroatoms. The molecule has 1 unspecified atom stereocenters. The van der Waals surface area contributed by atoms with E-state index in [1.54, 1.807) is 38.1 Å². The Morgan fingerprint density at radius 1 is 1.33 bits per heavy atom. The first-order chi connectivity index (χ1) is 9.95. The zero-order valence-corrected chi connectivity index (χ0v) is 12.1. The molecule has 0 aliphatic rings. The van der Waals surface area contributed by atoms with Crippen LogP contribution in [0, 0.1) is 17.2 Å². The van der Waals surface area contributed by atoms with E-state index in [4.69, 9.17) is 10.4 Å². The van der Waals surface area contributed by atoms with E-state index in [0.29, 0.717) is 11.3 Å². The second kappa shape index (κ2) is 8.02. The third-order valence-corrected chi connectivity index (χ3v) is 2.97. The van der Waals surface area contributed by atoms with Crippen molar-refractivity contribution in [2.45, 2.75) is 26.3 Å². The summed E-state index contributed by atoms with van der Waals surface area (Å²) in [7, 11) is 0. The van der Waals surface area contributed by atoms with Crippen molar-refractivity contribution < 1.29 is 14.7 Å². The molecule has 0 aromatic heterocycles. The van der Waals surface area contributed by atoms with Crippen LogP contribution in [0.1, 0.15) is 25.8 Å². The van der Waals surface area contributed by atoms with Gasteiger partial charge in [-0.1, -0.05) is 26.0 Å². The predicted molar refractivity (Wildman–Crippen MR) is 78.7 cm³/mol. The fourth-order valence-electron chi connectivity index (χ4n) is 1.85. The molecule has 0 spiro atoms. The van der Waals surface area contributed by atoms with Crippen LogP contribution in [-0.2, 0) is 9.59 Å². The Kier molecular flexibility index (Phi) is 6.37. The van der Waals surface area contributed by atoms with Gasteiger partial charge in [0.25, 0.3) is 0 Å². The smallest absolute Gasteiger partial charge is 0.320 e. The number of nitriles is 1. The number of amides is 1. The second-order valence-corrected chi connectivity index (χ2v) is 4.97. The number of carbonyl (C=O) groups excluding carboxylic acids is 1. The molecule has 3 N–H and O–H groups in total. The zero-order valence-electron chi connectivity index (χ0n) is 12.1. The van der Waals surface area contributed by atoms with Gasteiger partial charge in [-0.25, -0.2) is 0 Å². The van der Waals surface area contributed by atoms with E-state index in [1.165, 1.54) is 0 Å². The fraction of sp³-hybridized carbons (Fsp3) is 0.400. The maximum Gasteiger partial charge on any atom is 0.320 e. The van der Waals surface area contributed by atoms with Gasteiger partial charge in [0.15, 0.2) is 0 Å². The third-order valence-electron chi connectivity index (χ3n) is 2.97. The number of anilines is 1. The van der Waals surface area contributed by atoms with Gasteiger partial charge in [-0.15, -0.1) is 0 Å². The van der Waals surface area contributed by atoms with Gasteiger partial charge in [-0.05, 0) is 18.1 Å². The average molecular weight is 289 g/mol. The molecule has 0 saturated carbocycles. The lowest BCUT2D eigenvalue weighted by Gasteiger charge is -2.17. The highest BCUT2D eigenvalue weighted by atomic mass is 16.4. The molecule has 6 nitrogen and oxygen atoms in total. The molecule has 1 aromatic carbocycles. The number of para-hydroxylation sites is 1. The minimum absolute atomic E-state index is 0.0649. The molecule has 0 bridgehead atoms. The summed E-state index contributed by atoms with van der Waals surface area (Å²) in [6.45, 7) is 3.86. The molecule has 1 atom stereocenters. The summed E-state index contributed by atoms with van der Waals surface area (Å²) in [6, 6.07) is 8.04. The van der Waals surface area contributed by atoms with Crippen molar-refractivity contribution in [2.24, 2.45) is 5.92 Å². The van der Waals surface area contributed by atoms with Gasteiger partial charge in [-0.3, -0.25) is 9.59 Å². The third kappa shape index (κ3) is 5.24. The summed E-state index contributed by atoms with van der Waals surface area (Å²) < 4.78 is 0. The molecule has 21 heavy (non-hydrogen) atoms. The van der Waals surface area contributed by atoms with E-state index >= 15 is 0 Å². The molecule has 1 amide bonds. The van der Waals surface area contributed by atoms with Gasteiger partial charge in [0.2, 0.25) is 5.91 Å². The number of hydrogen-bond acceptors (Lipinski definition) is 4. The van der Waals surface area contributed by atoms with Gasteiger partial charge < -0.3 is 15.7 Å². The van der Waals surface area contributed by atoms with E-state index in [1.807, 2.05) is 6.07 Å². The van der Waals surface area contributed by atoms with Crippen LogP contribution in [0.25, 0.3) is 0 Å². The molecule has 0 heterocycles. The van der Waals surface area contributed by atoms with Crippen LogP contribution in [0.2, 0.25) is 0 Å². The maximum absolute atomic E-state index is 11.8. The minimum atomic E-state index is -0.930. The highest BCUT2D eigenvalue weighted by Crippen LogP contribution is 2.13. The van der Waals surface area contributed by atoms with Gasteiger partial charge in [0.05, 0.1) is 11.3 Å².